The van der Waals surface area contributed by atoms with Crippen LogP contribution in [0.25, 0.3) is 0 Å². The molecule has 1 saturated heterocycles. The number of aliphatic carboxylic acids is 1. The van der Waals surface area contributed by atoms with Crippen LogP contribution in [0.3, 0.4) is 0 Å². The zero-order valence-corrected chi connectivity index (χ0v) is 11.7. The maximum Gasteiger partial charge on any atom is 0.332 e. The minimum absolute atomic E-state index is 0.142. The molecular weight excluding hydrogens is 258 g/mol. The molecular formula is C15H23NO4. The summed E-state index contributed by atoms with van der Waals surface area (Å²) in [5, 5.41) is 11.7. The first-order valence-electron chi connectivity index (χ1n) is 7.79. The third-order valence-corrected chi connectivity index (χ3v) is 5.29. The minimum atomic E-state index is -0.970. The molecule has 2 bridgehead atoms. The van der Waals surface area contributed by atoms with Crippen LogP contribution < -0.4 is 5.32 Å². The summed E-state index contributed by atoms with van der Waals surface area (Å²) in [7, 11) is 0. The van der Waals surface area contributed by atoms with Gasteiger partial charge in [-0.25, -0.2) is 4.79 Å². The van der Waals surface area contributed by atoms with Crippen molar-refractivity contribution in [3.8, 4) is 0 Å². The lowest BCUT2D eigenvalue weighted by atomic mass is 9.86. The molecule has 112 valence electrons. The van der Waals surface area contributed by atoms with E-state index in [1.54, 1.807) is 0 Å². The highest BCUT2D eigenvalue weighted by Crippen LogP contribution is 2.49. The van der Waals surface area contributed by atoms with Crippen LogP contribution in [-0.2, 0) is 14.3 Å². The van der Waals surface area contributed by atoms with Crippen LogP contribution in [0.4, 0.5) is 0 Å². The van der Waals surface area contributed by atoms with E-state index in [1.807, 2.05) is 0 Å². The summed E-state index contributed by atoms with van der Waals surface area (Å²) in [6, 6.07) is 0. The predicted octanol–water partition coefficient (Wildman–Crippen LogP) is 1.56. The Kier molecular flexibility index (Phi) is 3.96. The quantitative estimate of drug-likeness (QED) is 0.802. The van der Waals surface area contributed by atoms with Gasteiger partial charge in [0.1, 0.15) is 6.10 Å². The van der Waals surface area contributed by atoms with Gasteiger partial charge in [0, 0.05) is 6.54 Å². The van der Waals surface area contributed by atoms with E-state index in [0.29, 0.717) is 19.4 Å². The van der Waals surface area contributed by atoms with E-state index in [1.165, 1.54) is 25.7 Å². The van der Waals surface area contributed by atoms with Gasteiger partial charge >= 0.3 is 5.97 Å². The summed E-state index contributed by atoms with van der Waals surface area (Å²) in [5.74, 6) is 1.50. The van der Waals surface area contributed by atoms with Crippen molar-refractivity contribution in [3.05, 3.63) is 0 Å². The highest BCUT2D eigenvalue weighted by molar-refractivity contribution is 5.82. The summed E-state index contributed by atoms with van der Waals surface area (Å²) < 4.78 is 5.24. The first kappa shape index (κ1) is 13.9. The van der Waals surface area contributed by atoms with Crippen LogP contribution in [-0.4, -0.2) is 35.7 Å². The molecule has 2 saturated carbocycles. The minimum Gasteiger partial charge on any atom is -0.479 e. The number of fused-ring (bicyclic) bond motifs is 2. The Balaban J connectivity index is 1.36. The first-order valence-corrected chi connectivity index (χ1v) is 7.79. The lowest BCUT2D eigenvalue weighted by molar-refractivity contribution is -0.151. The van der Waals surface area contributed by atoms with Crippen LogP contribution in [0, 0.1) is 17.8 Å². The zero-order chi connectivity index (χ0) is 14.1. The SMILES string of the molecule is O=C(NCCC1CC2CCC1C2)[C@@H]1CC[C@H](C(=O)O)O1. The van der Waals surface area contributed by atoms with Gasteiger partial charge in [-0.15, -0.1) is 0 Å². The maximum atomic E-state index is 11.9. The molecule has 0 radical (unpaired) electrons. The second kappa shape index (κ2) is 5.72. The molecule has 3 aliphatic rings. The van der Waals surface area contributed by atoms with Crippen molar-refractivity contribution in [2.45, 2.75) is 57.2 Å². The van der Waals surface area contributed by atoms with Gasteiger partial charge in [0.05, 0.1) is 0 Å². The fraction of sp³-hybridized carbons (Fsp3) is 0.867. The Morgan fingerprint density at radius 2 is 1.90 bits per heavy atom. The molecule has 20 heavy (non-hydrogen) atoms. The number of amides is 1. The van der Waals surface area contributed by atoms with Crippen LogP contribution in [0.5, 0.6) is 0 Å². The predicted molar refractivity (Wildman–Crippen MR) is 72.1 cm³/mol. The third kappa shape index (κ3) is 2.82. The summed E-state index contributed by atoms with van der Waals surface area (Å²) in [5.41, 5.74) is 0. The van der Waals surface area contributed by atoms with E-state index in [0.717, 1.165) is 24.2 Å². The van der Waals surface area contributed by atoms with Crippen molar-refractivity contribution < 1.29 is 19.4 Å². The van der Waals surface area contributed by atoms with E-state index in [9.17, 15) is 9.59 Å². The number of carboxylic acid groups (broad SMARTS) is 1. The first-order chi connectivity index (χ1) is 9.63. The highest BCUT2D eigenvalue weighted by atomic mass is 16.5. The van der Waals surface area contributed by atoms with Gasteiger partial charge in [-0.1, -0.05) is 6.42 Å². The molecule has 0 aromatic heterocycles. The van der Waals surface area contributed by atoms with Gasteiger partial charge in [-0.05, 0) is 56.3 Å². The Bertz CT molecular complexity index is 397. The molecule has 0 aromatic carbocycles. The number of ether oxygens (including phenoxy) is 1. The van der Waals surface area contributed by atoms with Crippen molar-refractivity contribution in [2.24, 2.45) is 17.8 Å². The third-order valence-electron chi connectivity index (χ3n) is 5.29. The van der Waals surface area contributed by atoms with Crippen molar-refractivity contribution in [1.29, 1.82) is 0 Å². The molecule has 1 aliphatic heterocycles. The van der Waals surface area contributed by atoms with Gasteiger partial charge in [0.25, 0.3) is 0 Å². The molecule has 1 heterocycles. The number of carbonyl (C=O) groups is 2. The van der Waals surface area contributed by atoms with Crippen molar-refractivity contribution in [2.75, 3.05) is 6.54 Å². The van der Waals surface area contributed by atoms with Gasteiger partial charge < -0.3 is 15.2 Å². The summed E-state index contributed by atoms with van der Waals surface area (Å²) in [6.07, 6.45) is 6.12. The molecule has 1 amide bonds. The topological polar surface area (TPSA) is 75.6 Å². The smallest absolute Gasteiger partial charge is 0.332 e. The molecule has 5 nitrogen and oxygen atoms in total. The van der Waals surface area contributed by atoms with E-state index in [4.69, 9.17) is 9.84 Å². The summed E-state index contributed by atoms with van der Waals surface area (Å²) >= 11 is 0. The normalized spacial score (nSPS) is 39.1. The maximum absolute atomic E-state index is 11.9. The largest absolute Gasteiger partial charge is 0.479 e. The number of hydrogen-bond acceptors (Lipinski definition) is 3. The molecule has 2 aliphatic carbocycles. The molecule has 5 heteroatoms. The van der Waals surface area contributed by atoms with Gasteiger partial charge in [-0.2, -0.15) is 0 Å². The van der Waals surface area contributed by atoms with Gasteiger partial charge in [0.2, 0.25) is 5.91 Å². The lowest BCUT2D eigenvalue weighted by Crippen LogP contribution is -2.36. The Labute approximate surface area is 119 Å². The fourth-order valence-electron chi connectivity index (χ4n) is 4.24. The monoisotopic (exact) mass is 281 g/mol. The summed E-state index contributed by atoms with van der Waals surface area (Å²) in [4.78, 5) is 22.7. The summed E-state index contributed by atoms with van der Waals surface area (Å²) in [6.45, 7) is 0.699. The molecule has 2 N–H and O–H groups in total. The van der Waals surface area contributed by atoms with Gasteiger partial charge in [0.15, 0.2) is 6.10 Å². The van der Waals surface area contributed by atoms with E-state index < -0.39 is 18.2 Å². The van der Waals surface area contributed by atoms with E-state index >= 15 is 0 Å². The second-order valence-corrected chi connectivity index (χ2v) is 6.54. The Hall–Kier alpha value is -1.10. The van der Waals surface area contributed by atoms with E-state index in [2.05, 4.69) is 5.32 Å². The molecule has 5 atom stereocenters. The molecule has 3 unspecified atom stereocenters. The number of carboxylic acids is 1. The molecule has 0 aromatic rings. The Morgan fingerprint density at radius 3 is 2.50 bits per heavy atom. The zero-order valence-electron chi connectivity index (χ0n) is 11.7. The van der Waals surface area contributed by atoms with Crippen molar-refractivity contribution >= 4 is 11.9 Å². The van der Waals surface area contributed by atoms with Crippen molar-refractivity contribution in [3.63, 3.8) is 0 Å². The van der Waals surface area contributed by atoms with Crippen LogP contribution in [0.2, 0.25) is 0 Å². The number of nitrogens with one attached hydrogen (secondary N) is 1. The van der Waals surface area contributed by atoms with Crippen LogP contribution >= 0.6 is 0 Å². The molecule has 3 fully saturated rings. The standard InChI is InChI=1S/C15H23NO4/c17-14(12-3-4-13(20-12)15(18)19)16-6-5-11-8-9-1-2-10(11)7-9/h9-13H,1-8H2,(H,16,17)(H,18,19)/t9?,10?,11?,12-,13+/m0/s1. The number of hydrogen-bond donors (Lipinski definition) is 2. The number of carbonyl (C=O) groups excluding carboxylic acids is 1. The molecule has 3 rings (SSSR count). The van der Waals surface area contributed by atoms with E-state index in [-0.39, 0.29) is 5.91 Å². The average molecular weight is 281 g/mol. The van der Waals surface area contributed by atoms with Crippen LogP contribution in [0.15, 0.2) is 0 Å². The average Bonchev–Trinajstić information content (AvgIpc) is 3.14. The lowest BCUT2D eigenvalue weighted by Gasteiger charge is -2.21. The van der Waals surface area contributed by atoms with Gasteiger partial charge in [-0.3, -0.25) is 4.79 Å². The second-order valence-electron chi connectivity index (χ2n) is 6.54. The molecule has 0 spiro atoms. The number of rotatable bonds is 5. The Morgan fingerprint density at radius 1 is 1.10 bits per heavy atom. The van der Waals surface area contributed by atoms with Crippen LogP contribution in [0.1, 0.15) is 44.9 Å². The highest BCUT2D eigenvalue weighted by Gasteiger charge is 2.39. The fourth-order valence-corrected chi connectivity index (χ4v) is 4.24. The van der Waals surface area contributed by atoms with Crippen molar-refractivity contribution in [1.82, 2.24) is 5.32 Å².